The van der Waals surface area contributed by atoms with E-state index in [9.17, 15) is 147 Å². The third-order valence-corrected chi connectivity index (χ3v) is 35.0. The molecule has 15 atom stereocenters. The van der Waals surface area contributed by atoms with Crippen molar-refractivity contribution >= 4 is 146 Å². The van der Waals surface area contributed by atoms with Crippen molar-refractivity contribution in [2.45, 2.75) is 191 Å². The molecule has 7 heterocycles. The van der Waals surface area contributed by atoms with E-state index in [-0.39, 0.29) is 137 Å². The number of aliphatic carboxylic acids is 10. The predicted octanol–water partition coefficient (Wildman–Crippen LogP) is -15.1. The van der Waals surface area contributed by atoms with Crippen molar-refractivity contribution in [1.82, 2.24) is 43.1 Å². The third kappa shape index (κ3) is 38.0. The molecular formula is C69H133B5F6N20O42S5. The molecule has 0 aromatic carbocycles. The van der Waals surface area contributed by atoms with Gasteiger partial charge in [-0.1, -0.05) is 32.1 Å². The summed E-state index contributed by atoms with van der Waals surface area (Å²) in [5.41, 5.74) is 46.9. The predicted molar refractivity (Wildman–Crippen MR) is 497 cm³/mol. The number of alkyl halides is 6. The van der Waals surface area contributed by atoms with Crippen molar-refractivity contribution in [3.63, 3.8) is 0 Å². The summed E-state index contributed by atoms with van der Waals surface area (Å²) in [6.07, 6.45) is -6.38. The van der Waals surface area contributed by atoms with E-state index in [2.05, 4.69) is 0 Å². The molecule has 7 fully saturated rings. The fraction of sp³-hybridized carbons (Fsp3) is 0.855. The topological polar surface area (TPSA) is 1060 Å². The summed E-state index contributed by atoms with van der Waals surface area (Å²) in [4.78, 5) is 114. The van der Waals surface area contributed by atoms with E-state index in [4.69, 9.17) is 137 Å². The number of carboxylic acids is 10. The summed E-state index contributed by atoms with van der Waals surface area (Å²) >= 11 is 0. The summed E-state index contributed by atoms with van der Waals surface area (Å²) in [6.45, 7) is -12.9. The molecule has 848 valence electrons. The number of nitrogens with zero attached hydrogens (tertiary/aromatic N) is 10. The Morgan fingerprint density at radius 3 is 0.789 bits per heavy atom. The first-order valence-corrected chi connectivity index (χ1v) is 52.0. The van der Waals surface area contributed by atoms with Crippen molar-refractivity contribution in [3.8, 4) is 0 Å². The van der Waals surface area contributed by atoms with Gasteiger partial charge in [-0.3, -0.25) is 47.9 Å². The van der Waals surface area contributed by atoms with Crippen molar-refractivity contribution in [3.05, 3.63) is 0 Å². The molecule has 7 saturated heterocycles. The lowest BCUT2D eigenvalue weighted by atomic mass is 9.78. The number of carboxylic acid groups (broad SMARTS) is 10. The number of ether oxygens (including phenoxy) is 2. The molecule has 0 radical (unpaired) electrons. The van der Waals surface area contributed by atoms with Crippen LogP contribution in [0.4, 0.5) is 26.3 Å². The summed E-state index contributed by atoms with van der Waals surface area (Å²) in [6, 6.07) is -9.37. The van der Waals surface area contributed by atoms with Gasteiger partial charge in [-0.2, -0.15) is 98.3 Å². The Labute approximate surface area is 841 Å². The highest BCUT2D eigenvalue weighted by Gasteiger charge is 2.61. The van der Waals surface area contributed by atoms with Crippen molar-refractivity contribution < 1.29 is 227 Å². The quantitative estimate of drug-likeness (QED) is 0.0199. The van der Waals surface area contributed by atoms with Gasteiger partial charge in [-0.15, -0.1) is 0 Å². The minimum absolute atomic E-state index is 0.000608. The van der Waals surface area contributed by atoms with Gasteiger partial charge in [0.05, 0.1) is 25.8 Å². The van der Waals surface area contributed by atoms with Crippen LogP contribution in [0.15, 0.2) is 0 Å². The van der Waals surface area contributed by atoms with Crippen LogP contribution in [0.2, 0.25) is 31.6 Å². The monoisotopic (exact) mass is 2240 g/mol. The number of halogens is 6. The van der Waals surface area contributed by atoms with Crippen LogP contribution in [-0.4, -0.2) is 515 Å². The molecule has 0 aliphatic carbocycles. The van der Waals surface area contributed by atoms with Gasteiger partial charge in [0, 0.05) is 154 Å². The molecule has 0 aromatic heterocycles. The molecule has 0 amide bonds. The van der Waals surface area contributed by atoms with Gasteiger partial charge in [0.1, 0.15) is 71.1 Å². The minimum Gasteiger partial charge on any atom is -0.480 e. The van der Waals surface area contributed by atoms with Gasteiger partial charge < -0.3 is 168 Å². The molecule has 5 unspecified atom stereocenters. The Bertz CT molecular complexity index is 4960. The van der Waals surface area contributed by atoms with Gasteiger partial charge in [-0.05, 0) is 76.5 Å². The Morgan fingerprint density at radius 1 is 0.347 bits per heavy atom. The van der Waals surface area contributed by atoms with Gasteiger partial charge in [0.2, 0.25) is 0 Å². The summed E-state index contributed by atoms with van der Waals surface area (Å²) < 4.78 is 224. The van der Waals surface area contributed by atoms with Crippen LogP contribution in [-0.2, 0) is 108 Å². The molecular weight excluding hydrogens is 2110 g/mol. The number of hydrogen-bond acceptors (Lipinski definition) is 42. The molecule has 62 nitrogen and oxygen atoms in total. The van der Waals surface area contributed by atoms with E-state index >= 15 is 0 Å². The molecule has 40 N–H and O–H groups in total. The van der Waals surface area contributed by atoms with Crippen molar-refractivity contribution in [1.29, 1.82) is 0 Å². The highest BCUT2D eigenvalue weighted by molar-refractivity contribution is 7.88. The van der Waals surface area contributed by atoms with E-state index in [1.165, 1.54) is 0 Å². The smallest absolute Gasteiger partial charge is 0.451 e. The van der Waals surface area contributed by atoms with Crippen LogP contribution in [0.25, 0.3) is 0 Å². The first-order chi connectivity index (χ1) is 67.4. The van der Waals surface area contributed by atoms with Crippen LogP contribution >= 0.6 is 0 Å². The average molecular weight is 2240 g/mol. The molecule has 0 spiro atoms. The molecule has 0 bridgehead atoms. The number of carbonyl (C=O) groups is 10. The first kappa shape index (κ1) is 134. The van der Waals surface area contributed by atoms with E-state index in [1.807, 2.05) is 0 Å². The maximum atomic E-state index is 13.5. The van der Waals surface area contributed by atoms with E-state index in [0.717, 1.165) is 21.5 Å². The first-order valence-electron chi connectivity index (χ1n) is 45.1. The third-order valence-electron chi connectivity index (χ3n) is 25.4. The molecule has 78 heteroatoms. The fourth-order valence-electron chi connectivity index (χ4n) is 16.7. The Morgan fingerprint density at radius 2 is 0.571 bits per heavy atom. The second-order valence-corrected chi connectivity index (χ2v) is 45.9. The van der Waals surface area contributed by atoms with E-state index in [0.29, 0.717) is 39.0 Å². The normalized spacial score (nSPS) is 25.3. The van der Waals surface area contributed by atoms with Gasteiger partial charge >= 0.3 is 101 Å². The second kappa shape index (κ2) is 57.3. The van der Waals surface area contributed by atoms with Crippen LogP contribution in [0.5, 0.6) is 0 Å². The lowest BCUT2D eigenvalue weighted by Crippen LogP contribution is -2.60. The Balaban J connectivity index is 0.000000472. The number of hydrogen-bond donors (Lipinski definition) is 30. The lowest BCUT2D eigenvalue weighted by Gasteiger charge is -2.38. The minimum atomic E-state index is -5.02. The van der Waals surface area contributed by atoms with Crippen LogP contribution in [0.1, 0.15) is 77.0 Å². The molecule has 0 aromatic rings. The molecule has 0 saturated carbocycles. The zero-order valence-corrected chi connectivity index (χ0v) is 83.2. The maximum absolute atomic E-state index is 13.5. The van der Waals surface area contributed by atoms with Crippen LogP contribution in [0, 0.1) is 29.6 Å². The van der Waals surface area contributed by atoms with Gasteiger partial charge in [0.15, 0.2) is 0 Å². The largest absolute Gasteiger partial charge is 0.480 e. The average Bonchev–Trinajstić information content (AvgIpc) is 1.61. The second-order valence-electron chi connectivity index (χ2n) is 36.3. The standard InChI is InChI=1S/C16H31BN4O9S.C14H27BN4O9S.C13H24BF3N4O8S.C13H25BF2N4O8S.C13H26BFN4O8S/c18-13(14(22)23)9-21(12-3-6-30-7-4-12)31(28,29)20-8-11(2-1-5-17(26)27)16(19,10-20)15(24)25;16-11(12(20)21)5-19(10-6-28-7-10)29(26,27)18-4-9(2-1-3-15(24)25)14(17,8-18)13(22)23;15-13(16,17)7-21(5-9(18)10(22)23)30(28,29)20-4-8(2-1-3-14(26)27)12(19,6-20)11(24)25;15-10(16)6-19(5-9(17)11(21)22)29(27,28)20-4-8(2-1-3-14(25)26)13(18,7-20)12(23)24;15-4-5-18(7-10(16)11(20)21)28(26,27)19-6-9(2-1-3-14(24)25)13(17,8-19)12(22)23/h11-13,26-27H,1-10,18-19H2,(H,22,23)(H,24,25);9-11,24-25H,1-8,16-17H2,(H,20,21)(H,22,23);8-9,26-27H,1-7,18-19H2,(H,22,23)(H,24,25);8-10,25-26H,1-7,17-18H2,(H,21,22)(H,23,24);9-10,24-25H,1-8,16-17H2,(H,20,21)(H,22,23)/t11-,13?,16-;9-,11?,14-;8-,9?,12-;8-,9?,13-;9-,10?,13-/m00000/s1. The van der Waals surface area contributed by atoms with Gasteiger partial charge in [0.25, 0.3) is 57.5 Å². The Kier molecular flexibility index (Phi) is 52.3. The van der Waals surface area contributed by atoms with Gasteiger partial charge in [-0.25, -0.2) is 13.2 Å². The molecule has 147 heavy (non-hydrogen) atoms. The molecule has 7 rings (SSSR count). The zero-order chi connectivity index (χ0) is 113. The Hall–Kier alpha value is -6.93. The van der Waals surface area contributed by atoms with E-state index in [1.54, 1.807) is 0 Å². The van der Waals surface area contributed by atoms with Crippen LogP contribution in [0.3, 0.4) is 0 Å². The highest BCUT2D eigenvalue weighted by atomic mass is 32.2. The maximum Gasteiger partial charge on any atom is 0.451 e. The van der Waals surface area contributed by atoms with Crippen molar-refractivity contribution in [2.75, 3.05) is 151 Å². The summed E-state index contributed by atoms with van der Waals surface area (Å²) in [5, 5.41) is 182. The highest BCUT2D eigenvalue weighted by Crippen LogP contribution is 2.41. The number of rotatable bonds is 57. The fourth-order valence-corrected chi connectivity index (χ4v) is 25.8. The molecule has 7 aliphatic rings. The number of nitrogens with two attached hydrogens (primary N) is 10. The summed E-state index contributed by atoms with van der Waals surface area (Å²) in [7, 11) is -30.7. The lowest BCUT2D eigenvalue weighted by molar-refractivity contribution is -0.145. The summed E-state index contributed by atoms with van der Waals surface area (Å²) in [5.74, 6) is -19.1. The van der Waals surface area contributed by atoms with E-state index < -0.39 is 363 Å². The van der Waals surface area contributed by atoms with Crippen LogP contribution < -0.4 is 57.3 Å². The van der Waals surface area contributed by atoms with Crippen molar-refractivity contribution in [2.24, 2.45) is 86.9 Å². The molecule has 7 aliphatic heterocycles. The SMILES string of the molecule is NC(CN(C1CCOCC1)S(=O)(=O)N1C[C@H](CCCB(O)O)[C@](N)(C(=O)O)C1)C(=O)O.NC(CN(C1COC1)S(=O)(=O)N1C[C@H](CCCB(O)O)[C@](N)(C(=O)O)C1)C(=O)O.NC(CN(CC(F)(F)F)S(=O)(=O)N1C[C@H](CCCB(O)O)[C@](N)(C(=O)O)C1)C(=O)O.NC(CN(CC(F)F)S(=O)(=O)N1C[C@H](CCCB(O)O)[C@](N)(C(=O)O)C1)C(=O)O.NC(CN(CCF)S(=O)(=O)N1C[C@H](CCCB(O)O)[C@](N)(C(=O)O)C1)C(=O)O. The zero-order valence-electron chi connectivity index (χ0n) is 79.2.